The average Bonchev–Trinajstić information content (AvgIpc) is 2.42. The minimum atomic E-state index is -3.17. The smallest absolute Gasteiger partial charge is 0.225 e. The lowest BCUT2D eigenvalue weighted by Gasteiger charge is -2.25. The zero-order valence-electron chi connectivity index (χ0n) is 11.9. The maximum absolute atomic E-state index is 12.0. The van der Waals surface area contributed by atoms with Gasteiger partial charge in [-0.05, 0) is 37.5 Å². The molecule has 1 saturated heterocycles. The highest BCUT2D eigenvalue weighted by Gasteiger charge is 2.25. The summed E-state index contributed by atoms with van der Waals surface area (Å²) in [7, 11) is -3.17. The summed E-state index contributed by atoms with van der Waals surface area (Å²) in [5, 5.41) is 3.36. The molecule has 0 unspecified atom stereocenters. The van der Waals surface area contributed by atoms with Crippen molar-refractivity contribution in [1.29, 1.82) is 0 Å². The summed E-state index contributed by atoms with van der Waals surface area (Å²) < 4.78 is 25.1. The number of hydrogen-bond donors (Lipinski definition) is 1. The van der Waals surface area contributed by atoms with E-state index in [-0.39, 0.29) is 24.6 Å². The molecule has 1 N–H and O–H groups in total. The maximum atomic E-state index is 12.0. The van der Waals surface area contributed by atoms with Crippen molar-refractivity contribution in [2.24, 2.45) is 0 Å². The number of nitrogens with zero attached hydrogens (tertiary/aromatic N) is 1. The standard InChI is InChI=1S/C14H19ClN2O3S/c1-11-12(15)5-4-6-13(11)16-14(18)7-9-17-8-2-3-10-21(17,19)20/h4-6H,2-3,7-10H2,1H3,(H,16,18). The van der Waals surface area contributed by atoms with Crippen LogP contribution in [0.2, 0.25) is 5.02 Å². The van der Waals surface area contributed by atoms with Crippen molar-refractivity contribution >= 4 is 33.2 Å². The Bertz CT molecular complexity index is 631. The number of hydrogen-bond acceptors (Lipinski definition) is 3. The molecule has 0 aromatic heterocycles. The molecular formula is C14H19ClN2O3S. The number of benzene rings is 1. The highest BCUT2D eigenvalue weighted by Crippen LogP contribution is 2.23. The summed E-state index contributed by atoms with van der Waals surface area (Å²) >= 11 is 5.99. The van der Waals surface area contributed by atoms with Crippen molar-refractivity contribution in [3.8, 4) is 0 Å². The van der Waals surface area contributed by atoms with Crippen LogP contribution >= 0.6 is 11.6 Å². The summed E-state index contributed by atoms with van der Waals surface area (Å²) in [5.41, 5.74) is 1.46. The number of halogens is 1. The highest BCUT2D eigenvalue weighted by atomic mass is 35.5. The Balaban J connectivity index is 1.92. The average molecular weight is 331 g/mol. The first-order valence-electron chi connectivity index (χ1n) is 6.93. The molecule has 21 heavy (non-hydrogen) atoms. The summed E-state index contributed by atoms with van der Waals surface area (Å²) in [6.45, 7) is 2.56. The van der Waals surface area contributed by atoms with E-state index >= 15 is 0 Å². The van der Waals surface area contributed by atoms with E-state index < -0.39 is 10.0 Å². The van der Waals surface area contributed by atoms with Crippen molar-refractivity contribution in [2.45, 2.75) is 26.2 Å². The number of carbonyl (C=O) groups excluding carboxylic acids is 1. The van der Waals surface area contributed by atoms with Crippen LogP contribution in [0.4, 0.5) is 5.69 Å². The van der Waals surface area contributed by atoms with Gasteiger partial charge in [0, 0.05) is 30.2 Å². The molecule has 1 amide bonds. The third kappa shape index (κ3) is 4.18. The van der Waals surface area contributed by atoms with Gasteiger partial charge < -0.3 is 5.32 Å². The van der Waals surface area contributed by atoms with E-state index in [0.29, 0.717) is 23.7 Å². The molecule has 5 nitrogen and oxygen atoms in total. The van der Waals surface area contributed by atoms with Crippen molar-refractivity contribution < 1.29 is 13.2 Å². The Hall–Kier alpha value is -1.11. The van der Waals surface area contributed by atoms with Gasteiger partial charge in [0.25, 0.3) is 0 Å². The van der Waals surface area contributed by atoms with Crippen LogP contribution in [0, 0.1) is 6.92 Å². The van der Waals surface area contributed by atoms with Crippen LogP contribution in [0.15, 0.2) is 18.2 Å². The van der Waals surface area contributed by atoms with Gasteiger partial charge in [-0.15, -0.1) is 0 Å². The molecule has 0 bridgehead atoms. The van der Waals surface area contributed by atoms with E-state index in [4.69, 9.17) is 11.6 Å². The van der Waals surface area contributed by atoms with Crippen LogP contribution in [0.1, 0.15) is 24.8 Å². The molecule has 0 radical (unpaired) electrons. The zero-order chi connectivity index (χ0) is 15.5. The van der Waals surface area contributed by atoms with E-state index in [1.165, 1.54) is 4.31 Å². The lowest BCUT2D eigenvalue weighted by molar-refractivity contribution is -0.116. The van der Waals surface area contributed by atoms with Crippen LogP contribution < -0.4 is 5.32 Å². The summed E-state index contributed by atoms with van der Waals surface area (Å²) in [6, 6.07) is 5.30. The molecule has 1 fully saturated rings. The fraction of sp³-hybridized carbons (Fsp3) is 0.500. The number of carbonyl (C=O) groups is 1. The molecule has 1 aromatic rings. The monoisotopic (exact) mass is 330 g/mol. The highest BCUT2D eigenvalue weighted by molar-refractivity contribution is 7.89. The third-order valence-corrected chi connectivity index (χ3v) is 5.95. The number of nitrogens with one attached hydrogen (secondary N) is 1. The maximum Gasteiger partial charge on any atom is 0.225 e. The summed E-state index contributed by atoms with van der Waals surface area (Å²) in [6.07, 6.45) is 1.70. The second-order valence-electron chi connectivity index (χ2n) is 5.13. The van der Waals surface area contributed by atoms with E-state index in [9.17, 15) is 13.2 Å². The van der Waals surface area contributed by atoms with Crippen LogP contribution in [0.3, 0.4) is 0 Å². The van der Waals surface area contributed by atoms with Gasteiger partial charge in [0.15, 0.2) is 0 Å². The van der Waals surface area contributed by atoms with Crippen molar-refractivity contribution in [2.75, 3.05) is 24.2 Å². The zero-order valence-corrected chi connectivity index (χ0v) is 13.5. The molecule has 7 heteroatoms. The molecule has 1 aliphatic heterocycles. The predicted molar refractivity (Wildman–Crippen MR) is 84.0 cm³/mol. The molecule has 0 spiro atoms. The van der Waals surface area contributed by atoms with Gasteiger partial charge in [-0.25, -0.2) is 12.7 Å². The minimum Gasteiger partial charge on any atom is -0.326 e. The van der Waals surface area contributed by atoms with Gasteiger partial charge in [0.1, 0.15) is 0 Å². The van der Waals surface area contributed by atoms with E-state index in [1.807, 2.05) is 6.92 Å². The molecule has 116 valence electrons. The largest absolute Gasteiger partial charge is 0.326 e. The molecular weight excluding hydrogens is 312 g/mol. The van der Waals surface area contributed by atoms with E-state index in [1.54, 1.807) is 18.2 Å². The van der Waals surface area contributed by atoms with Crippen LogP contribution in [0.5, 0.6) is 0 Å². The Morgan fingerprint density at radius 3 is 2.86 bits per heavy atom. The van der Waals surface area contributed by atoms with Gasteiger partial charge in [-0.3, -0.25) is 4.79 Å². The van der Waals surface area contributed by atoms with Gasteiger partial charge in [0.05, 0.1) is 5.75 Å². The second-order valence-corrected chi connectivity index (χ2v) is 7.63. The first kappa shape index (κ1) is 16.3. The molecule has 1 aliphatic rings. The summed E-state index contributed by atoms with van der Waals surface area (Å²) in [5.74, 6) is -0.0247. The van der Waals surface area contributed by atoms with Crippen LogP contribution in [0.25, 0.3) is 0 Å². The van der Waals surface area contributed by atoms with Crippen LogP contribution in [-0.2, 0) is 14.8 Å². The fourth-order valence-electron chi connectivity index (χ4n) is 2.27. The van der Waals surface area contributed by atoms with Crippen LogP contribution in [-0.4, -0.2) is 37.5 Å². The lowest BCUT2D eigenvalue weighted by Crippen LogP contribution is -2.39. The second kappa shape index (κ2) is 6.77. The van der Waals surface area contributed by atoms with Gasteiger partial charge in [-0.1, -0.05) is 17.7 Å². The summed E-state index contributed by atoms with van der Waals surface area (Å²) in [4.78, 5) is 12.0. The Morgan fingerprint density at radius 1 is 1.38 bits per heavy atom. The Kier molecular flexibility index (Phi) is 5.24. The SMILES string of the molecule is Cc1c(Cl)cccc1NC(=O)CCN1CCCCS1(=O)=O. The minimum absolute atomic E-state index is 0.144. The van der Waals surface area contributed by atoms with Gasteiger partial charge in [0.2, 0.25) is 15.9 Å². The molecule has 1 heterocycles. The van der Waals surface area contributed by atoms with Crippen molar-refractivity contribution in [3.05, 3.63) is 28.8 Å². The molecule has 0 saturated carbocycles. The van der Waals surface area contributed by atoms with E-state index in [2.05, 4.69) is 5.32 Å². The first-order chi connectivity index (χ1) is 9.90. The molecule has 1 aromatic carbocycles. The topological polar surface area (TPSA) is 66.5 Å². The number of sulfonamides is 1. The Labute approximate surface area is 130 Å². The lowest BCUT2D eigenvalue weighted by atomic mass is 10.2. The molecule has 2 rings (SSSR count). The number of rotatable bonds is 4. The molecule has 0 aliphatic carbocycles. The normalized spacial score (nSPS) is 18.4. The van der Waals surface area contributed by atoms with Crippen molar-refractivity contribution in [3.63, 3.8) is 0 Å². The third-order valence-electron chi connectivity index (χ3n) is 3.58. The van der Waals surface area contributed by atoms with Gasteiger partial charge in [-0.2, -0.15) is 0 Å². The number of anilines is 1. The van der Waals surface area contributed by atoms with Crippen molar-refractivity contribution in [1.82, 2.24) is 4.31 Å². The fourth-order valence-corrected chi connectivity index (χ4v) is 4.05. The molecule has 0 atom stereocenters. The first-order valence-corrected chi connectivity index (χ1v) is 8.91. The Morgan fingerprint density at radius 2 is 2.14 bits per heavy atom. The quantitative estimate of drug-likeness (QED) is 0.921. The number of amides is 1. The predicted octanol–water partition coefficient (Wildman–Crippen LogP) is 2.40. The van der Waals surface area contributed by atoms with Gasteiger partial charge >= 0.3 is 0 Å². The van der Waals surface area contributed by atoms with E-state index in [0.717, 1.165) is 12.0 Å².